The average Bonchev–Trinajstić information content (AvgIpc) is 2.51. The first-order chi connectivity index (χ1) is 9.22. The lowest BCUT2D eigenvalue weighted by molar-refractivity contribution is -0.138. The van der Waals surface area contributed by atoms with Crippen LogP contribution in [0.5, 0.6) is 0 Å². The molecule has 108 valence electrons. The summed E-state index contributed by atoms with van der Waals surface area (Å²) in [5.41, 5.74) is 0.847. The van der Waals surface area contributed by atoms with Crippen LogP contribution in [0.2, 0.25) is 0 Å². The lowest BCUT2D eigenvalue weighted by Crippen LogP contribution is -2.30. The zero-order valence-corrected chi connectivity index (χ0v) is 12.1. The summed E-state index contributed by atoms with van der Waals surface area (Å²) < 4.78 is 5.01. The van der Waals surface area contributed by atoms with Crippen LogP contribution in [0.4, 0.5) is 0 Å². The van der Waals surface area contributed by atoms with Gasteiger partial charge >= 0.3 is 5.97 Å². The van der Waals surface area contributed by atoms with Crippen molar-refractivity contribution < 1.29 is 14.6 Å². The van der Waals surface area contributed by atoms with Crippen molar-refractivity contribution in [2.45, 2.75) is 26.7 Å². The summed E-state index contributed by atoms with van der Waals surface area (Å²) in [6, 6.07) is 9.19. The van der Waals surface area contributed by atoms with E-state index in [0.29, 0.717) is 0 Å². The molecule has 0 radical (unpaired) electrons. The summed E-state index contributed by atoms with van der Waals surface area (Å²) >= 11 is 0. The molecule has 1 fully saturated rings. The van der Waals surface area contributed by atoms with Crippen molar-refractivity contribution in [2.75, 3.05) is 26.3 Å². The van der Waals surface area contributed by atoms with Crippen LogP contribution in [0.15, 0.2) is 30.3 Å². The number of morpholine rings is 1. The van der Waals surface area contributed by atoms with Crippen molar-refractivity contribution in [3.8, 4) is 0 Å². The van der Waals surface area contributed by atoms with Gasteiger partial charge in [0.15, 0.2) is 0 Å². The van der Waals surface area contributed by atoms with Crippen LogP contribution in [0, 0.1) is 0 Å². The molecule has 1 saturated heterocycles. The maximum absolute atomic E-state index is 10.5. The van der Waals surface area contributed by atoms with Crippen LogP contribution in [-0.2, 0) is 9.53 Å². The standard InChI is InChI=1S/C9H10O2.C4H9NO.C2H6/c1-7(9(10)11)8-5-3-2-4-6-8;1-3-6-4-2-5-1;1-2/h2-7H,1H3,(H,10,11);5H,1-4H2;1-2H3. The van der Waals surface area contributed by atoms with Crippen molar-refractivity contribution in [1.82, 2.24) is 5.32 Å². The molecule has 0 spiro atoms. The highest BCUT2D eigenvalue weighted by molar-refractivity contribution is 5.75. The SMILES string of the molecule is C1COCCN1.CC.CC(C(=O)O)c1ccccc1. The number of nitrogens with one attached hydrogen (secondary N) is 1. The molecule has 1 aromatic rings. The third-order valence-electron chi connectivity index (χ3n) is 2.52. The third-order valence-corrected chi connectivity index (χ3v) is 2.52. The molecular weight excluding hydrogens is 242 g/mol. The van der Waals surface area contributed by atoms with Crippen molar-refractivity contribution in [3.05, 3.63) is 35.9 Å². The molecule has 0 aromatic heterocycles. The van der Waals surface area contributed by atoms with E-state index in [2.05, 4.69) is 5.32 Å². The predicted octanol–water partition coefficient (Wildman–Crippen LogP) is 2.51. The number of carboxylic acids is 1. The van der Waals surface area contributed by atoms with Gasteiger partial charge in [0.1, 0.15) is 0 Å². The molecule has 19 heavy (non-hydrogen) atoms. The molecule has 4 heteroatoms. The Labute approximate surface area is 115 Å². The normalized spacial score (nSPS) is 15.1. The molecule has 1 unspecified atom stereocenters. The smallest absolute Gasteiger partial charge is 0.310 e. The lowest BCUT2D eigenvalue weighted by Gasteiger charge is -2.10. The summed E-state index contributed by atoms with van der Waals surface area (Å²) in [6.45, 7) is 9.51. The highest BCUT2D eigenvalue weighted by atomic mass is 16.5. The number of hydrogen-bond acceptors (Lipinski definition) is 3. The lowest BCUT2D eigenvalue weighted by atomic mass is 10.0. The van der Waals surface area contributed by atoms with E-state index >= 15 is 0 Å². The molecular formula is C15H25NO3. The van der Waals surface area contributed by atoms with E-state index in [-0.39, 0.29) is 0 Å². The zero-order valence-electron chi connectivity index (χ0n) is 12.1. The number of rotatable bonds is 2. The van der Waals surface area contributed by atoms with Crippen LogP contribution in [0.1, 0.15) is 32.3 Å². The number of hydrogen-bond donors (Lipinski definition) is 2. The first-order valence-corrected chi connectivity index (χ1v) is 6.78. The Balaban J connectivity index is 0.000000341. The average molecular weight is 267 g/mol. The molecule has 2 N–H and O–H groups in total. The predicted molar refractivity (Wildman–Crippen MR) is 77.5 cm³/mol. The van der Waals surface area contributed by atoms with Gasteiger partial charge in [-0.3, -0.25) is 4.79 Å². The summed E-state index contributed by atoms with van der Waals surface area (Å²) in [7, 11) is 0. The Morgan fingerprint density at radius 1 is 1.21 bits per heavy atom. The van der Waals surface area contributed by atoms with E-state index in [9.17, 15) is 4.79 Å². The zero-order chi connectivity index (χ0) is 14.5. The Morgan fingerprint density at radius 2 is 1.74 bits per heavy atom. The van der Waals surface area contributed by atoms with Crippen molar-refractivity contribution in [3.63, 3.8) is 0 Å². The fourth-order valence-electron chi connectivity index (χ4n) is 1.40. The van der Waals surface area contributed by atoms with Gasteiger partial charge in [0.05, 0.1) is 19.1 Å². The maximum Gasteiger partial charge on any atom is 0.310 e. The minimum Gasteiger partial charge on any atom is -0.481 e. The molecule has 1 aliphatic heterocycles. The second kappa shape index (κ2) is 11.7. The first kappa shape index (κ1) is 17.6. The van der Waals surface area contributed by atoms with E-state index < -0.39 is 11.9 Å². The third kappa shape index (κ3) is 8.35. The Kier molecular flexibility index (Phi) is 10.8. The van der Waals surface area contributed by atoms with E-state index in [4.69, 9.17) is 9.84 Å². The van der Waals surface area contributed by atoms with Gasteiger partial charge in [-0.15, -0.1) is 0 Å². The molecule has 1 aliphatic rings. The van der Waals surface area contributed by atoms with Crippen LogP contribution >= 0.6 is 0 Å². The van der Waals surface area contributed by atoms with Crippen molar-refractivity contribution in [1.29, 1.82) is 0 Å². The van der Waals surface area contributed by atoms with Crippen LogP contribution in [-0.4, -0.2) is 37.4 Å². The summed E-state index contributed by atoms with van der Waals surface area (Å²) in [4.78, 5) is 10.5. The molecule has 4 nitrogen and oxygen atoms in total. The van der Waals surface area contributed by atoms with Gasteiger partial charge < -0.3 is 15.2 Å². The summed E-state index contributed by atoms with van der Waals surface area (Å²) in [6.07, 6.45) is 0. The number of carboxylic acid groups (broad SMARTS) is 1. The molecule has 0 bridgehead atoms. The van der Waals surface area contributed by atoms with E-state index in [1.54, 1.807) is 6.92 Å². The van der Waals surface area contributed by atoms with Crippen LogP contribution in [0.3, 0.4) is 0 Å². The molecule has 0 saturated carbocycles. The quantitative estimate of drug-likeness (QED) is 0.864. The fraction of sp³-hybridized carbons (Fsp3) is 0.533. The number of carbonyl (C=O) groups is 1. The molecule has 0 amide bonds. The fourth-order valence-corrected chi connectivity index (χ4v) is 1.40. The van der Waals surface area contributed by atoms with E-state index in [1.165, 1.54) is 0 Å². The van der Waals surface area contributed by atoms with Gasteiger partial charge in [-0.05, 0) is 12.5 Å². The van der Waals surface area contributed by atoms with Gasteiger partial charge in [0.2, 0.25) is 0 Å². The van der Waals surface area contributed by atoms with Crippen molar-refractivity contribution in [2.24, 2.45) is 0 Å². The topological polar surface area (TPSA) is 58.6 Å². The van der Waals surface area contributed by atoms with Gasteiger partial charge in [-0.2, -0.15) is 0 Å². The molecule has 0 aliphatic carbocycles. The maximum atomic E-state index is 10.5. The number of aliphatic carboxylic acids is 1. The van der Waals surface area contributed by atoms with Gasteiger partial charge in [0.25, 0.3) is 0 Å². The molecule has 1 aromatic carbocycles. The Hall–Kier alpha value is -1.39. The van der Waals surface area contributed by atoms with Gasteiger partial charge in [-0.25, -0.2) is 0 Å². The van der Waals surface area contributed by atoms with Crippen LogP contribution < -0.4 is 5.32 Å². The molecule has 1 atom stereocenters. The Bertz CT molecular complexity index is 312. The minimum atomic E-state index is -0.781. The second-order valence-corrected chi connectivity index (χ2v) is 3.83. The molecule has 2 rings (SSSR count). The van der Waals surface area contributed by atoms with Gasteiger partial charge in [0, 0.05) is 13.1 Å². The van der Waals surface area contributed by atoms with Crippen LogP contribution in [0.25, 0.3) is 0 Å². The summed E-state index contributed by atoms with van der Waals surface area (Å²) in [5.74, 6) is -1.19. The molecule has 1 heterocycles. The van der Waals surface area contributed by atoms with Gasteiger partial charge in [-0.1, -0.05) is 44.2 Å². The number of benzene rings is 1. The van der Waals surface area contributed by atoms with E-state index in [1.807, 2.05) is 44.2 Å². The monoisotopic (exact) mass is 267 g/mol. The van der Waals surface area contributed by atoms with Crippen molar-refractivity contribution >= 4 is 5.97 Å². The highest BCUT2D eigenvalue weighted by Gasteiger charge is 2.11. The minimum absolute atomic E-state index is 0.406. The Morgan fingerprint density at radius 3 is 2.05 bits per heavy atom. The number of ether oxygens (including phenoxy) is 1. The summed E-state index contributed by atoms with van der Waals surface area (Å²) in [5, 5.41) is 11.8. The van der Waals surface area contributed by atoms with E-state index in [0.717, 1.165) is 31.9 Å². The second-order valence-electron chi connectivity index (χ2n) is 3.83. The largest absolute Gasteiger partial charge is 0.481 e. The first-order valence-electron chi connectivity index (χ1n) is 6.78. The highest BCUT2D eigenvalue weighted by Crippen LogP contribution is 2.13.